The Morgan fingerprint density at radius 1 is 0.981 bits per heavy atom. The number of hydrogen-bond donors (Lipinski definition) is 1. The van der Waals surface area contributed by atoms with Gasteiger partial charge >= 0.3 is 6.09 Å². The fourth-order valence-electron chi connectivity index (χ4n) is 7.26. The summed E-state index contributed by atoms with van der Waals surface area (Å²) in [5.74, 6) is 1.28. The normalized spacial score (nSPS) is 19.0. The van der Waals surface area contributed by atoms with Crippen molar-refractivity contribution in [1.82, 2.24) is 24.5 Å². The van der Waals surface area contributed by atoms with Gasteiger partial charge in [0.15, 0.2) is 5.65 Å². The lowest BCUT2D eigenvalue weighted by molar-refractivity contribution is 0.00566. The number of piperidine rings is 1. The van der Waals surface area contributed by atoms with Crippen LogP contribution < -0.4 is 4.90 Å². The first-order chi connectivity index (χ1) is 25.4. The number of hydrogen-bond acceptors (Lipinski definition) is 10. The zero-order chi connectivity index (χ0) is 39.4. The number of amides is 1. The summed E-state index contributed by atoms with van der Waals surface area (Å²) in [4.78, 5) is 27.5. The average Bonchev–Trinajstić information content (AvgIpc) is 3.62. The van der Waals surface area contributed by atoms with Crippen LogP contribution in [0, 0.1) is 0 Å². The smallest absolute Gasteiger partial charge is 0.410 e. The number of fused-ring (bicyclic) bond motifs is 3. The molecule has 2 saturated heterocycles. The highest BCUT2D eigenvalue weighted by Gasteiger charge is 2.46. The van der Waals surface area contributed by atoms with Crippen LogP contribution in [0.25, 0.3) is 22.5 Å². The predicted molar refractivity (Wildman–Crippen MR) is 220 cm³/mol. The minimum atomic E-state index is -1.34. The quantitative estimate of drug-likeness (QED) is 0.0619. The molecule has 1 N–H and O–H groups in total. The molecule has 2 aliphatic rings. The molecule has 2 bridgehead atoms. The lowest BCUT2D eigenvalue weighted by atomic mass is 9.85. The van der Waals surface area contributed by atoms with E-state index >= 15 is 0 Å². The minimum absolute atomic E-state index is 0.0113. The molecule has 5 rings (SSSR count). The van der Waals surface area contributed by atoms with E-state index in [1.807, 2.05) is 55.4 Å². The molecule has 298 valence electrons. The summed E-state index contributed by atoms with van der Waals surface area (Å²) in [5, 5.41) is 14.7. The van der Waals surface area contributed by atoms with Gasteiger partial charge in [0.25, 0.3) is 0 Å². The van der Waals surface area contributed by atoms with Gasteiger partial charge in [-0.2, -0.15) is 9.61 Å². The zero-order valence-electron chi connectivity index (χ0n) is 34.4. The van der Waals surface area contributed by atoms with Crippen LogP contribution in [0.4, 0.5) is 10.6 Å². The van der Waals surface area contributed by atoms with Gasteiger partial charge in [0.05, 0.1) is 36.4 Å². The van der Waals surface area contributed by atoms with E-state index < -0.39 is 21.7 Å². The summed E-state index contributed by atoms with van der Waals surface area (Å²) in [7, 11) is -2.68. The molecule has 2 atom stereocenters. The van der Waals surface area contributed by atoms with E-state index in [-0.39, 0.29) is 44.2 Å². The summed E-state index contributed by atoms with van der Waals surface area (Å²) in [6, 6.07) is 5.90. The van der Waals surface area contributed by atoms with Crippen molar-refractivity contribution in [3.8, 4) is 11.1 Å². The van der Waals surface area contributed by atoms with Crippen molar-refractivity contribution in [3.05, 3.63) is 48.1 Å². The third-order valence-electron chi connectivity index (χ3n) is 10.1. The third-order valence-corrected chi connectivity index (χ3v) is 13.5. The van der Waals surface area contributed by atoms with Gasteiger partial charge in [-0.05, 0) is 71.5 Å². The highest BCUT2D eigenvalue weighted by atomic mass is 28.3. The number of aliphatic hydroxyl groups is 1. The van der Waals surface area contributed by atoms with E-state index in [4.69, 9.17) is 29.0 Å². The van der Waals surface area contributed by atoms with Crippen LogP contribution >= 0.6 is 0 Å². The Kier molecular flexibility index (Phi) is 13.4. The summed E-state index contributed by atoms with van der Waals surface area (Å²) in [6.07, 6.45) is 6.64. The SMILES string of the molecule is C=C(OCC)c1c(C2CC3CCC(C2)N3C(=O)OC(C)(C)C)nc2c(-c3ccc(CO)nc3)cnn2c1N(COCC[Si](C)(C)C)COCC[Si](C)(C)C. The molecule has 3 aromatic heterocycles. The largest absolute Gasteiger partial charge is 0.494 e. The number of anilines is 1. The molecule has 0 spiro atoms. The van der Waals surface area contributed by atoms with Crippen LogP contribution in [0.1, 0.15) is 76.2 Å². The highest BCUT2D eigenvalue weighted by Crippen LogP contribution is 2.47. The van der Waals surface area contributed by atoms with Crippen molar-refractivity contribution in [2.24, 2.45) is 0 Å². The monoisotopic (exact) mass is 780 g/mol. The van der Waals surface area contributed by atoms with Gasteiger partial charge in [-0.1, -0.05) is 51.9 Å². The van der Waals surface area contributed by atoms with E-state index in [0.29, 0.717) is 36.9 Å². The average molecular weight is 781 g/mol. The maximum absolute atomic E-state index is 13.5. The molecular weight excluding hydrogens is 717 g/mol. The Bertz CT molecular complexity index is 1710. The van der Waals surface area contributed by atoms with Gasteiger partial charge in [-0.25, -0.2) is 9.78 Å². The van der Waals surface area contributed by atoms with Gasteiger partial charge in [-0.3, -0.25) is 4.98 Å². The second-order valence-electron chi connectivity index (χ2n) is 18.2. The van der Waals surface area contributed by atoms with Crippen molar-refractivity contribution in [2.75, 3.05) is 38.2 Å². The van der Waals surface area contributed by atoms with Crippen molar-refractivity contribution in [1.29, 1.82) is 0 Å². The Balaban J connectivity index is 1.66. The van der Waals surface area contributed by atoms with Crippen molar-refractivity contribution in [2.45, 2.75) is 135 Å². The molecule has 0 aliphatic carbocycles. The van der Waals surface area contributed by atoms with Gasteiger partial charge < -0.3 is 33.9 Å². The van der Waals surface area contributed by atoms with Crippen molar-refractivity contribution >= 4 is 39.5 Å². The van der Waals surface area contributed by atoms with E-state index in [1.54, 1.807) is 6.20 Å². The van der Waals surface area contributed by atoms with Crippen LogP contribution in [-0.4, -0.2) is 103 Å². The van der Waals surface area contributed by atoms with E-state index in [1.165, 1.54) is 0 Å². The predicted octanol–water partition coefficient (Wildman–Crippen LogP) is 8.37. The number of aromatic nitrogens is 4. The molecule has 12 nitrogen and oxygen atoms in total. The van der Waals surface area contributed by atoms with E-state index in [9.17, 15) is 9.90 Å². The fraction of sp³-hybridized carbons (Fsp3) is 0.650. The number of aliphatic hydroxyl groups excluding tert-OH is 1. The number of carbonyl (C=O) groups excluding carboxylic acids is 1. The molecule has 54 heavy (non-hydrogen) atoms. The van der Waals surface area contributed by atoms with Gasteiger partial charge in [0, 0.05) is 64.7 Å². The maximum Gasteiger partial charge on any atom is 0.410 e. The molecule has 1 amide bonds. The third kappa shape index (κ3) is 10.5. The first kappa shape index (κ1) is 41.8. The summed E-state index contributed by atoms with van der Waals surface area (Å²) in [5.41, 5.74) is 3.99. The molecule has 2 fully saturated rings. The second kappa shape index (κ2) is 17.2. The van der Waals surface area contributed by atoms with Crippen LogP contribution in [0.15, 0.2) is 31.1 Å². The minimum Gasteiger partial charge on any atom is -0.494 e. The van der Waals surface area contributed by atoms with Crippen LogP contribution in [0.5, 0.6) is 0 Å². The first-order valence-electron chi connectivity index (χ1n) is 19.6. The zero-order valence-corrected chi connectivity index (χ0v) is 36.4. The molecule has 5 heterocycles. The number of pyridine rings is 1. The van der Waals surface area contributed by atoms with Crippen LogP contribution in [0.2, 0.25) is 51.4 Å². The van der Waals surface area contributed by atoms with Crippen LogP contribution in [-0.2, 0) is 25.6 Å². The molecule has 2 unspecified atom stereocenters. The van der Waals surface area contributed by atoms with Gasteiger partial charge in [0.2, 0.25) is 0 Å². The van der Waals surface area contributed by atoms with E-state index in [0.717, 1.165) is 66.0 Å². The standard InChI is InChI=1S/C40H64N6O6Si2/c1-12-51-28(2)35-36(30-21-32-15-16-33(22-30)45(32)39(48)52-40(3,4)5)43-37-34(29-13-14-31(25-47)41-23-29)24-42-46(37)38(35)44(26-49-17-19-53(6,7)8)27-50-18-20-54(9,10)11/h13-14,23-24,30,32-33,47H,2,12,15-22,25-27H2,1,3-11H3. The molecular formula is C40H64N6O6Si2. The molecule has 2 aliphatic heterocycles. The van der Waals surface area contributed by atoms with Crippen molar-refractivity contribution < 1.29 is 28.8 Å². The topological polar surface area (TPSA) is 124 Å². The molecule has 0 saturated carbocycles. The highest BCUT2D eigenvalue weighted by molar-refractivity contribution is 6.76. The maximum atomic E-state index is 13.5. The first-order valence-corrected chi connectivity index (χ1v) is 27.0. The number of ether oxygens (including phenoxy) is 4. The molecule has 3 aromatic rings. The van der Waals surface area contributed by atoms with E-state index in [2.05, 4.69) is 55.7 Å². The van der Waals surface area contributed by atoms with Crippen LogP contribution in [0.3, 0.4) is 0 Å². The Morgan fingerprint density at radius 2 is 1.59 bits per heavy atom. The Labute approximate surface area is 324 Å². The van der Waals surface area contributed by atoms with Crippen molar-refractivity contribution in [3.63, 3.8) is 0 Å². The van der Waals surface area contributed by atoms with Gasteiger partial charge in [-0.15, -0.1) is 0 Å². The summed E-state index contributed by atoms with van der Waals surface area (Å²) in [6.45, 7) is 28.4. The number of nitrogens with zero attached hydrogens (tertiary/aromatic N) is 6. The summed E-state index contributed by atoms with van der Waals surface area (Å²) < 4.78 is 26.9. The lowest BCUT2D eigenvalue weighted by Gasteiger charge is -2.40. The Morgan fingerprint density at radius 3 is 2.09 bits per heavy atom. The molecule has 0 aromatic carbocycles. The lowest BCUT2D eigenvalue weighted by Crippen LogP contribution is -2.48. The number of rotatable bonds is 17. The summed E-state index contributed by atoms with van der Waals surface area (Å²) >= 11 is 0. The molecule has 0 radical (unpaired) electrons. The van der Waals surface area contributed by atoms with Gasteiger partial charge in [0.1, 0.15) is 30.6 Å². The fourth-order valence-corrected chi connectivity index (χ4v) is 8.77. The second-order valence-corrected chi connectivity index (χ2v) is 29.5. The number of carbonyl (C=O) groups is 1. The molecule has 14 heteroatoms. The Hall–Kier alpha value is -3.31.